The highest BCUT2D eigenvalue weighted by Crippen LogP contribution is 2.21. The van der Waals surface area contributed by atoms with Crippen LogP contribution < -0.4 is 0 Å². The van der Waals surface area contributed by atoms with Gasteiger partial charge in [0, 0.05) is 5.57 Å². The molecule has 15 heavy (non-hydrogen) atoms. The molecule has 0 bridgehead atoms. The Kier molecular flexibility index (Phi) is 2.65. The highest BCUT2D eigenvalue weighted by atomic mass is 14.2. The van der Waals surface area contributed by atoms with E-state index in [1.54, 1.807) is 12.2 Å². The number of hydrogen-bond acceptors (Lipinski definition) is 1. The summed E-state index contributed by atoms with van der Waals surface area (Å²) in [6, 6.07) is 12.1. The Labute approximate surface area is 89.0 Å². The van der Waals surface area contributed by atoms with E-state index >= 15 is 0 Å². The summed E-state index contributed by atoms with van der Waals surface area (Å²) < 4.78 is 0. The minimum absolute atomic E-state index is 0.645. The fourth-order valence-corrected chi connectivity index (χ4v) is 1.46. The summed E-state index contributed by atoms with van der Waals surface area (Å²) in [4.78, 5) is 0. The lowest BCUT2D eigenvalue weighted by molar-refractivity contribution is 1.49. The van der Waals surface area contributed by atoms with E-state index in [9.17, 15) is 0 Å². The van der Waals surface area contributed by atoms with E-state index in [0.717, 1.165) is 11.1 Å². The van der Waals surface area contributed by atoms with E-state index < -0.39 is 0 Å². The zero-order chi connectivity index (χ0) is 10.5. The molecule has 0 aliphatic heterocycles. The molecule has 0 N–H and O–H groups in total. The zero-order valence-corrected chi connectivity index (χ0v) is 8.14. The van der Waals surface area contributed by atoms with Crippen molar-refractivity contribution in [3.63, 3.8) is 0 Å². The van der Waals surface area contributed by atoms with Gasteiger partial charge in [0.05, 0.1) is 5.57 Å². The van der Waals surface area contributed by atoms with Gasteiger partial charge in [0.25, 0.3) is 0 Å². The summed E-state index contributed by atoms with van der Waals surface area (Å²) in [6.45, 7) is 0. The first-order chi connectivity index (χ1) is 7.42. The summed E-state index contributed by atoms with van der Waals surface area (Å²) in [6.07, 6.45) is 7.34. The van der Waals surface area contributed by atoms with Gasteiger partial charge in [-0.25, -0.2) is 0 Å². The molecule has 0 aromatic heterocycles. The van der Waals surface area contributed by atoms with Gasteiger partial charge < -0.3 is 0 Å². The van der Waals surface area contributed by atoms with Crippen LogP contribution in [0.5, 0.6) is 0 Å². The molecule has 70 valence electrons. The molecule has 1 heteroatoms. The van der Waals surface area contributed by atoms with Crippen molar-refractivity contribution < 1.29 is 0 Å². The average Bonchev–Trinajstić information content (AvgIpc) is 2.55. The summed E-state index contributed by atoms with van der Waals surface area (Å²) in [5, 5.41) is 9.02. The van der Waals surface area contributed by atoms with Crippen LogP contribution >= 0.6 is 0 Å². The van der Waals surface area contributed by atoms with E-state index in [4.69, 9.17) is 5.26 Å². The first kappa shape index (κ1) is 9.27. The fraction of sp³-hybridized carbons (Fsp3) is 0. The number of hydrogen-bond donors (Lipinski definition) is 0. The largest absolute Gasteiger partial charge is 0.192 e. The van der Waals surface area contributed by atoms with Crippen molar-refractivity contribution in [2.24, 2.45) is 0 Å². The van der Waals surface area contributed by atoms with Crippen LogP contribution in [-0.2, 0) is 0 Å². The first-order valence-corrected chi connectivity index (χ1v) is 4.71. The lowest BCUT2D eigenvalue weighted by atomic mass is 10.0. The SMILES string of the molecule is N#CC1=C(c2ccccc2)C=CC=C=C1. The zero-order valence-electron chi connectivity index (χ0n) is 8.14. The number of nitriles is 1. The molecule has 0 unspecified atom stereocenters. The molecular formula is C14H9N. The predicted molar refractivity (Wildman–Crippen MR) is 60.8 cm³/mol. The third kappa shape index (κ3) is 1.96. The monoisotopic (exact) mass is 191 g/mol. The lowest BCUT2D eigenvalue weighted by Crippen LogP contribution is -1.84. The molecule has 0 radical (unpaired) electrons. The summed E-state index contributed by atoms with van der Waals surface area (Å²) >= 11 is 0. The van der Waals surface area contributed by atoms with Crippen LogP contribution in [0.3, 0.4) is 0 Å². The van der Waals surface area contributed by atoms with Gasteiger partial charge in [-0.3, -0.25) is 0 Å². The van der Waals surface area contributed by atoms with Crippen LogP contribution in [-0.4, -0.2) is 0 Å². The molecular weight excluding hydrogens is 182 g/mol. The number of allylic oxidation sites excluding steroid dienone is 5. The summed E-state index contributed by atoms with van der Waals surface area (Å²) in [7, 11) is 0. The lowest BCUT2D eigenvalue weighted by Gasteiger charge is -2.02. The number of rotatable bonds is 1. The maximum Gasteiger partial charge on any atom is 0.100 e. The van der Waals surface area contributed by atoms with Crippen molar-refractivity contribution in [3.8, 4) is 6.07 Å². The van der Waals surface area contributed by atoms with Crippen LogP contribution in [0.25, 0.3) is 5.57 Å². The Morgan fingerprint density at radius 1 is 1.13 bits per heavy atom. The molecule has 1 aromatic rings. The van der Waals surface area contributed by atoms with Crippen molar-refractivity contribution in [2.75, 3.05) is 0 Å². The molecule has 1 aliphatic rings. The molecule has 0 amide bonds. The molecule has 0 spiro atoms. The third-order valence-corrected chi connectivity index (χ3v) is 2.18. The normalized spacial score (nSPS) is 13.8. The Morgan fingerprint density at radius 3 is 2.67 bits per heavy atom. The van der Waals surface area contributed by atoms with Gasteiger partial charge in [-0.15, -0.1) is 5.73 Å². The first-order valence-electron chi connectivity index (χ1n) is 4.71. The topological polar surface area (TPSA) is 23.8 Å². The second kappa shape index (κ2) is 4.28. The molecule has 1 aromatic carbocycles. The predicted octanol–water partition coefficient (Wildman–Crippen LogP) is 3.24. The van der Waals surface area contributed by atoms with E-state index in [1.807, 2.05) is 42.5 Å². The molecule has 0 atom stereocenters. The minimum atomic E-state index is 0.645. The third-order valence-electron chi connectivity index (χ3n) is 2.18. The molecule has 0 saturated carbocycles. The molecule has 1 nitrogen and oxygen atoms in total. The molecule has 0 fully saturated rings. The van der Waals surface area contributed by atoms with Gasteiger partial charge in [-0.1, -0.05) is 42.5 Å². The van der Waals surface area contributed by atoms with E-state index in [2.05, 4.69) is 11.8 Å². The van der Waals surface area contributed by atoms with Crippen molar-refractivity contribution in [3.05, 3.63) is 71.5 Å². The van der Waals surface area contributed by atoms with Gasteiger partial charge in [0.2, 0.25) is 0 Å². The van der Waals surface area contributed by atoms with Crippen molar-refractivity contribution in [2.45, 2.75) is 0 Å². The van der Waals surface area contributed by atoms with Crippen molar-refractivity contribution in [1.29, 1.82) is 5.26 Å². The van der Waals surface area contributed by atoms with Gasteiger partial charge in [0.15, 0.2) is 0 Å². The highest BCUT2D eigenvalue weighted by molar-refractivity contribution is 5.81. The van der Waals surface area contributed by atoms with E-state index in [1.165, 1.54) is 0 Å². The Morgan fingerprint density at radius 2 is 1.93 bits per heavy atom. The smallest absolute Gasteiger partial charge is 0.100 e. The van der Waals surface area contributed by atoms with Gasteiger partial charge in [-0.05, 0) is 17.7 Å². The standard InChI is InChI=1S/C14H9N/c15-11-13-9-5-2-6-10-14(13)12-7-3-1-4-8-12/h1-4,6-10H. The maximum absolute atomic E-state index is 9.02. The van der Waals surface area contributed by atoms with Crippen molar-refractivity contribution >= 4 is 5.57 Å². The van der Waals surface area contributed by atoms with Crippen LogP contribution in [0.2, 0.25) is 0 Å². The second-order valence-corrected chi connectivity index (χ2v) is 3.14. The van der Waals surface area contributed by atoms with E-state index in [-0.39, 0.29) is 0 Å². The summed E-state index contributed by atoms with van der Waals surface area (Å²) in [5.74, 6) is 0. The van der Waals surface area contributed by atoms with Crippen LogP contribution in [0, 0.1) is 11.3 Å². The number of nitrogens with zero attached hydrogens (tertiary/aromatic N) is 1. The van der Waals surface area contributed by atoms with Crippen molar-refractivity contribution in [1.82, 2.24) is 0 Å². The fourth-order valence-electron chi connectivity index (χ4n) is 1.46. The Hall–Kier alpha value is -2.29. The van der Waals surface area contributed by atoms with E-state index in [0.29, 0.717) is 5.57 Å². The minimum Gasteiger partial charge on any atom is -0.192 e. The van der Waals surface area contributed by atoms with Gasteiger partial charge in [0.1, 0.15) is 6.07 Å². The van der Waals surface area contributed by atoms with Crippen LogP contribution in [0.4, 0.5) is 0 Å². The average molecular weight is 191 g/mol. The van der Waals surface area contributed by atoms with Gasteiger partial charge >= 0.3 is 0 Å². The molecule has 1 aliphatic carbocycles. The number of benzene rings is 1. The van der Waals surface area contributed by atoms with Crippen LogP contribution in [0.15, 0.2) is 65.9 Å². The van der Waals surface area contributed by atoms with Crippen LogP contribution in [0.1, 0.15) is 5.56 Å². The molecule has 2 rings (SSSR count). The summed E-state index contributed by atoms with van der Waals surface area (Å²) in [5.41, 5.74) is 5.57. The molecule has 0 heterocycles. The quantitative estimate of drug-likeness (QED) is 0.625. The van der Waals surface area contributed by atoms with Gasteiger partial charge in [-0.2, -0.15) is 5.26 Å². The second-order valence-electron chi connectivity index (χ2n) is 3.14. The maximum atomic E-state index is 9.02. The Balaban J connectivity index is 2.58. The molecule has 0 saturated heterocycles. The highest BCUT2D eigenvalue weighted by Gasteiger charge is 2.04. The Bertz CT molecular complexity index is 518.